The Morgan fingerprint density at radius 2 is 2.00 bits per heavy atom. The molecule has 70 valence electrons. The normalized spacial score (nSPS) is 15.1. The lowest BCUT2D eigenvalue weighted by atomic mass is 10.0. The Balaban J connectivity index is 2.35. The Kier molecular flexibility index (Phi) is 2.64. The van der Waals surface area contributed by atoms with Crippen molar-refractivity contribution in [1.29, 1.82) is 0 Å². The van der Waals surface area contributed by atoms with E-state index in [2.05, 4.69) is 61.6 Å². The highest BCUT2D eigenvalue weighted by atomic mass is 14.0. The zero-order valence-electron chi connectivity index (χ0n) is 8.40. The third-order valence-corrected chi connectivity index (χ3v) is 2.38. The van der Waals surface area contributed by atoms with Crippen molar-refractivity contribution in [2.24, 2.45) is 0 Å². The monoisotopic (exact) mass is 182 g/mol. The van der Waals surface area contributed by atoms with Crippen LogP contribution in [0.4, 0.5) is 0 Å². The molecule has 1 aliphatic rings. The Morgan fingerprint density at radius 3 is 2.86 bits per heavy atom. The van der Waals surface area contributed by atoms with Crippen molar-refractivity contribution in [2.75, 3.05) is 0 Å². The molecule has 14 heavy (non-hydrogen) atoms. The maximum atomic E-state index is 2.23. The molecule has 1 aromatic carbocycles. The molecule has 0 saturated carbocycles. The predicted molar refractivity (Wildman–Crippen MR) is 62.1 cm³/mol. The van der Waals surface area contributed by atoms with Crippen molar-refractivity contribution in [1.82, 2.24) is 0 Å². The van der Waals surface area contributed by atoms with Crippen LogP contribution in [0.5, 0.6) is 0 Å². The van der Waals surface area contributed by atoms with Gasteiger partial charge in [-0.25, -0.2) is 0 Å². The molecule has 0 spiro atoms. The first-order chi connectivity index (χ1) is 6.86. The first-order valence-corrected chi connectivity index (χ1v) is 4.96. The Morgan fingerprint density at radius 1 is 1.07 bits per heavy atom. The summed E-state index contributed by atoms with van der Waals surface area (Å²) in [7, 11) is 0. The largest absolute Gasteiger partial charge is 0.0801 e. The Hall–Kier alpha value is -1.56. The molecule has 0 aliphatic heterocycles. The number of allylic oxidation sites excluding steroid dienone is 6. The highest BCUT2D eigenvalue weighted by Gasteiger charge is 1.99. The predicted octanol–water partition coefficient (Wildman–Crippen LogP) is 3.89. The summed E-state index contributed by atoms with van der Waals surface area (Å²) in [6, 6.07) is 8.65. The molecule has 1 aliphatic carbocycles. The molecule has 0 saturated heterocycles. The summed E-state index contributed by atoms with van der Waals surface area (Å²) in [5.41, 5.74) is 4.04. The van der Waals surface area contributed by atoms with Gasteiger partial charge in [-0.1, -0.05) is 60.2 Å². The van der Waals surface area contributed by atoms with Crippen LogP contribution in [0.15, 0.2) is 54.6 Å². The summed E-state index contributed by atoms with van der Waals surface area (Å²) in [5, 5.41) is 0. The van der Waals surface area contributed by atoms with Gasteiger partial charge in [-0.15, -0.1) is 0 Å². The SMILES string of the molecule is Cc1cccc(C2=CC=CC=CC2)c1. The van der Waals surface area contributed by atoms with Crippen molar-refractivity contribution in [3.63, 3.8) is 0 Å². The van der Waals surface area contributed by atoms with E-state index in [1.54, 1.807) is 0 Å². The zero-order valence-corrected chi connectivity index (χ0v) is 8.40. The van der Waals surface area contributed by atoms with Gasteiger partial charge in [0.25, 0.3) is 0 Å². The fraction of sp³-hybridized carbons (Fsp3) is 0.143. The van der Waals surface area contributed by atoms with Gasteiger partial charge in [-0.2, -0.15) is 0 Å². The van der Waals surface area contributed by atoms with E-state index in [9.17, 15) is 0 Å². The van der Waals surface area contributed by atoms with Crippen LogP contribution in [0.25, 0.3) is 5.57 Å². The van der Waals surface area contributed by atoms with Crippen molar-refractivity contribution >= 4 is 5.57 Å². The first-order valence-electron chi connectivity index (χ1n) is 4.96. The van der Waals surface area contributed by atoms with Crippen LogP contribution < -0.4 is 0 Å². The second kappa shape index (κ2) is 4.10. The molecule has 0 unspecified atom stereocenters. The standard InChI is InChI=1S/C14H14/c1-12-7-6-10-14(11-12)13-8-4-2-3-5-9-13/h2-8,10-11H,9H2,1H3. The van der Waals surface area contributed by atoms with E-state index in [-0.39, 0.29) is 0 Å². The van der Waals surface area contributed by atoms with E-state index < -0.39 is 0 Å². The maximum absolute atomic E-state index is 2.23. The van der Waals surface area contributed by atoms with Gasteiger partial charge in [0.2, 0.25) is 0 Å². The van der Waals surface area contributed by atoms with Gasteiger partial charge < -0.3 is 0 Å². The number of hydrogen-bond acceptors (Lipinski definition) is 0. The second-order valence-corrected chi connectivity index (χ2v) is 3.58. The minimum Gasteiger partial charge on any atom is -0.0801 e. The first kappa shape index (κ1) is 9.01. The van der Waals surface area contributed by atoms with E-state index in [1.807, 2.05) is 0 Å². The average molecular weight is 182 g/mol. The van der Waals surface area contributed by atoms with Gasteiger partial charge in [-0.3, -0.25) is 0 Å². The summed E-state index contributed by atoms with van der Waals surface area (Å²) < 4.78 is 0. The fourth-order valence-corrected chi connectivity index (χ4v) is 1.64. The molecule has 1 aromatic rings. The molecule has 0 nitrogen and oxygen atoms in total. The molecule has 0 bridgehead atoms. The Labute approximate surface area is 85.3 Å². The van der Waals surface area contributed by atoms with Crippen molar-refractivity contribution in [3.05, 3.63) is 65.8 Å². The van der Waals surface area contributed by atoms with Crippen LogP contribution in [0.3, 0.4) is 0 Å². The molecule has 0 heteroatoms. The molecule has 0 aromatic heterocycles. The van der Waals surface area contributed by atoms with Crippen molar-refractivity contribution in [2.45, 2.75) is 13.3 Å². The molecular formula is C14H14. The highest BCUT2D eigenvalue weighted by Crippen LogP contribution is 2.21. The molecular weight excluding hydrogens is 168 g/mol. The number of aryl methyl sites for hydroxylation is 1. The molecule has 0 heterocycles. The lowest BCUT2D eigenvalue weighted by Crippen LogP contribution is -1.83. The minimum atomic E-state index is 1.02. The molecule has 0 amide bonds. The van der Waals surface area contributed by atoms with E-state index in [0.29, 0.717) is 0 Å². The van der Waals surface area contributed by atoms with Gasteiger partial charge in [0.1, 0.15) is 0 Å². The minimum absolute atomic E-state index is 1.02. The third kappa shape index (κ3) is 2.02. The van der Waals surface area contributed by atoms with Gasteiger partial charge >= 0.3 is 0 Å². The summed E-state index contributed by atoms with van der Waals surface area (Å²) in [4.78, 5) is 0. The molecule has 0 fully saturated rings. The number of benzene rings is 1. The van der Waals surface area contributed by atoms with Gasteiger partial charge in [0.15, 0.2) is 0 Å². The Bertz CT molecular complexity index is 406. The maximum Gasteiger partial charge on any atom is -0.00884 e. The number of hydrogen-bond donors (Lipinski definition) is 0. The smallest absolute Gasteiger partial charge is 0.00884 e. The van der Waals surface area contributed by atoms with Gasteiger partial charge in [0, 0.05) is 0 Å². The average Bonchev–Trinajstić information content (AvgIpc) is 2.45. The third-order valence-electron chi connectivity index (χ3n) is 2.38. The topological polar surface area (TPSA) is 0 Å². The van der Waals surface area contributed by atoms with E-state index in [0.717, 1.165) is 6.42 Å². The van der Waals surface area contributed by atoms with Crippen LogP contribution in [0.2, 0.25) is 0 Å². The van der Waals surface area contributed by atoms with E-state index in [1.165, 1.54) is 16.7 Å². The van der Waals surface area contributed by atoms with Crippen LogP contribution >= 0.6 is 0 Å². The summed E-state index contributed by atoms with van der Waals surface area (Å²) >= 11 is 0. The van der Waals surface area contributed by atoms with Gasteiger partial charge in [-0.05, 0) is 24.5 Å². The van der Waals surface area contributed by atoms with Crippen molar-refractivity contribution < 1.29 is 0 Å². The summed E-state index contributed by atoms with van der Waals surface area (Å²) in [6.07, 6.45) is 11.7. The van der Waals surface area contributed by atoms with Crippen LogP contribution in [0.1, 0.15) is 17.5 Å². The fourth-order valence-electron chi connectivity index (χ4n) is 1.64. The van der Waals surface area contributed by atoms with Crippen LogP contribution in [-0.4, -0.2) is 0 Å². The molecule has 2 rings (SSSR count). The zero-order chi connectivity index (χ0) is 9.80. The van der Waals surface area contributed by atoms with Crippen LogP contribution in [0, 0.1) is 6.92 Å². The quantitative estimate of drug-likeness (QED) is 0.618. The lowest BCUT2D eigenvalue weighted by Gasteiger charge is -2.04. The lowest BCUT2D eigenvalue weighted by molar-refractivity contribution is 1.37. The van der Waals surface area contributed by atoms with E-state index in [4.69, 9.17) is 0 Å². The molecule has 0 atom stereocenters. The van der Waals surface area contributed by atoms with Gasteiger partial charge in [0.05, 0.1) is 0 Å². The summed E-state index contributed by atoms with van der Waals surface area (Å²) in [5.74, 6) is 0. The number of rotatable bonds is 1. The highest BCUT2D eigenvalue weighted by molar-refractivity contribution is 5.69. The second-order valence-electron chi connectivity index (χ2n) is 3.58. The van der Waals surface area contributed by atoms with Crippen molar-refractivity contribution in [3.8, 4) is 0 Å². The molecule has 0 N–H and O–H groups in total. The molecule has 0 radical (unpaired) electrons. The van der Waals surface area contributed by atoms with E-state index >= 15 is 0 Å². The summed E-state index contributed by atoms with van der Waals surface area (Å²) in [6.45, 7) is 2.13. The van der Waals surface area contributed by atoms with Crippen LogP contribution in [-0.2, 0) is 0 Å².